The summed E-state index contributed by atoms with van der Waals surface area (Å²) >= 11 is 0. The fourth-order valence-electron chi connectivity index (χ4n) is 2.12. The molecule has 0 bridgehead atoms. The van der Waals surface area contributed by atoms with Crippen molar-refractivity contribution in [3.05, 3.63) is 0 Å². The Bertz CT molecular complexity index is 208. The van der Waals surface area contributed by atoms with Crippen LogP contribution in [0.25, 0.3) is 0 Å². The number of hydrogen-bond donors (Lipinski definition) is 1. The van der Waals surface area contributed by atoms with Crippen molar-refractivity contribution in [2.24, 2.45) is 11.7 Å². The number of carbonyl (C=O) groups excluding carboxylic acids is 1. The van der Waals surface area contributed by atoms with E-state index in [9.17, 15) is 4.79 Å². The van der Waals surface area contributed by atoms with Gasteiger partial charge >= 0.3 is 0 Å². The number of piperidine rings is 1. The number of nitrogens with two attached hydrogens (primary N) is 1. The second kappa shape index (κ2) is 4.28. The van der Waals surface area contributed by atoms with Gasteiger partial charge in [-0.2, -0.15) is 0 Å². The maximum absolute atomic E-state index is 10.7. The molecule has 0 saturated carbocycles. The zero-order valence-electron chi connectivity index (χ0n) is 8.45. The summed E-state index contributed by atoms with van der Waals surface area (Å²) in [6.45, 7) is 4.19. The molecule has 2 fully saturated rings. The molecule has 80 valence electrons. The Morgan fingerprint density at radius 2 is 2.07 bits per heavy atom. The van der Waals surface area contributed by atoms with Crippen LogP contribution in [-0.2, 0) is 9.53 Å². The zero-order valence-corrected chi connectivity index (χ0v) is 8.45. The first kappa shape index (κ1) is 9.93. The van der Waals surface area contributed by atoms with Crippen LogP contribution in [0.5, 0.6) is 0 Å². The van der Waals surface area contributed by atoms with E-state index in [0.29, 0.717) is 18.4 Å². The van der Waals surface area contributed by atoms with Crippen molar-refractivity contribution in [3.63, 3.8) is 0 Å². The number of ether oxygens (including phenoxy) is 1. The molecule has 2 N–H and O–H groups in total. The first-order valence-electron chi connectivity index (χ1n) is 5.36. The molecule has 0 aromatic heterocycles. The molecule has 1 unspecified atom stereocenters. The molecule has 14 heavy (non-hydrogen) atoms. The molecule has 2 aliphatic rings. The number of carbonyl (C=O) groups is 1. The predicted molar refractivity (Wildman–Crippen MR) is 52.7 cm³/mol. The van der Waals surface area contributed by atoms with Crippen molar-refractivity contribution in [2.45, 2.75) is 25.4 Å². The van der Waals surface area contributed by atoms with Gasteiger partial charge in [-0.3, -0.25) is 4.79 Å². The van der Waals surface area contributed by atoms with E-state index in [0.717, 1.165) is 39.1 Å². The van der Waals surface area contributed by atoms with Crippen LogP contribution in [-0.4, -0.2) is 43.2 Å². The summed E-state index contributed by atoms with van der Waals surface area (Å²) in [7, 11) is 0. The van der Waals surface area contributed by atoms with E-state index in [1.807, 2.05) is 0 Å². The minimum atomic E-state index is -0.158. The lowest BCUT2D eigenvalue weighted by molar-refractivity contribution is -0.119. The summed E-state index contributed by atoms with van der Waals surface area (Å²) in [5, 5.41) is 0. The maximum atomic E-state index is 10.7. The fraction of sp³-hybridized carbons (Fsp3) is 0.900. The Labute approximate surface area is 84.4 Å². The lowest BCUT2D eigenvalue weighted by Crippen LogP contribution is -2.37. The van der Waals surface area contributed by atoms with Crippen LogP contribution in [0.4, 0.5) is 0 Å². The second-order valence-corrected chi connectivity index (χ2v) is 4.37. The highest BCUT2D eigenvalue weighted by molar-refractivity contribution is 5.73. The van der Waals surface area contributed by atoms with Gasteiger partial charge in [0.1, 0.15) is 0 Å². The average Bonchev–Trinajstić information content (AvgIpc) is 2.91. The summed E-state index contributed by atoms with van der Waals surface area (Å²) in [5.74, 6) is 0.359. The van der Waals surface area contributed by atoms with Gasteiger partial charge in [-0.1, -0.05) is 0 Å². The molecule has 4 heteroatoms. The molecule has 4 nitrogen and oxygen atoms in total. The molecule has 2 rings (SSSR count). The van der Waals surface area contributed by atoms with Gasteiger partial charge in [-0.25, -0.2) is 0 Å². The van der Waals surface area contributed by atoms with Gasteiger partial charge in [0.05, 0.1) is 12.7 Å². The molecular formula is C10H18N2O2. The van der Waals surface area contributed by atoms with Crippen molar-refractivity contribution < 1.29 is 9.53 Å². The van der Waals surface area contributed by atoms with E-state index in [1.165, 1.54) is 0 Å². The monoisotopic (exact) mass is 198 g/mol. The number of rotatable bonds is 4. The van der Waals surface area contributed by atoms with Crippen molar-refractivity contribution in [2.75, 3.05) is 26.2 Å². The average molecular weight is 198 g/mol. The minimum Gasteiger partial charge on any atom is -0.372 e. The van der Waals surface area contributed by atoms with Gasteiger partial charge in [0, 0.05) is 13.0 Å². The Kier molecular flexibility index (Phi) is 3.03. The summed E-state index contributed by atoms with van der Waals surface area (Å²) < 4.78 is 5.19. The molecule has 1 atom stereocenters. The third kappa shape index (κ3) is 2.96. The number of nitrogens with zero attached hydrogens (tertiary/aromatic N) is 1. The maximum Gasteiger partial charge on any atom is 0.217 e. The van der Waals surface area contributed by atoms with Crippen molar-refractivity contribution in [1.29, 1.82) is 0 Å². The highest BCUT2D eigenvalue weighted by Crippen LogP contribution is 2.21. The highest BCUT2D eigenvalue weighted by atomic mass is 16.6. The van der Waals surface area contributed by atoms with Gasteiger partial charge in [-0.15, -0.1) is 0 Å². The molecule has 2 aliphatic heterocycles. The first-order valence-corrected chi connectivity index (χ1v) is 5.36. The molecule has 2 heterocycles. The molecule has 2 saturated heterocycles. The van der Waals surface area contributed by atoms with Gasteiger partial charge in [0.2, 0.25) is 5.91 Å². The number of likely N-dealkylation sites (tertiary alicyclic amines) is 1. The number of epoxide rings is 1. The predicted octanol–water partition coefficient (Wildman–Crippen LogP) is -0.0274. The molecule has 0 aromatic carbocycles. The van der Waals surface area contributed by atoms with E-state index in [4.69, 9.17) is 10.5 Å². The van der Waals surface area contributed by atoms with E-state index in [2.05, 4.69) is 4.90 Å². The Morgan fingerprint density at radius 1 is 1.43 bits per heavy atom. The van der Waals surface area contributed by atoms with Crippen LogP contribution in [0.2, 0.25) is 0 Å². The van der Waals surface area contributed by atoms with Crippen LogP contribution in [0.1, 0.15) is 19.3 Å². The van der Waals surface area contributed by atoms with E-state index < -0.39 is 0 Å². The summed E-state index contributed by atoms with van der Waals surface area (Å²) in [6, 6.07) is 0. The van der Waals surface area contributed by atoms with Crippen molar-refractivity contribution >= 4 is 5.91 Å². The lowest BCUT2D eigenvalue weighted by Gasteiger charge is -2.30. The standard InChI is InChI=1S/C10H18N2O2/c11-10(13)5-8-1-3-12(4-2-8)6-9-7-14-9/h8-9H,1-7H2,(H2,11,13). The Hall–Kier alpha value is -0.610. The number of primary amides is 1. The smallest absolute Gasteiger partial charge is 0.217 e. The summed E-state index contributed by atoms with van der Waals surface area (Å²) in [6.07, 6.45) is 3.27. The van der Waals surface area contributed by atoms with Crippen LogP contribution in [0, 0.1) is 5.92 Å². The largest absolute Gasteiger partial charge is 0.372 e. The summed E-state index contributed by atoms with van der Waals surface area (Å²) in [5.41, 5.74) is 5.18. The molecule has 0 radical (unpaired) electrons. The number of hydrogen-bond acceptors (Lipinski definition) is 3. The highest BCUT2D eigenvalue weighted by Gasteiger charge is 2.28. The molecule has 1 amide bonds. The molecular weight excluding hydrogens is 180 g/mol. The SMILES string of the molecule is NC(=O)CC1CCN(CC2CO2)CC1. The van der Waals surface area contributed by atoms with Gasteiger partial charge in [0.25, 0.3) is 0 Å². The lowest BCUT2D eigenvalue weighted by atomic mass is 9.93. The normalized spacial score (nSPS) is 29.0. The topological polar surface area (TPSA) is 58.9 Å². The third-order valence-corrected chi connectivity index (χ3v) is 3.06. The van der Waals surface area contributed by atoms with Gasteiger partial charge in [-0.05, 0) is 31.8 Å². The van der Waals surface area contributed by atoms with Crippen LogP contribution >= 0.6 is 0 Å². The molecule has 0 spiro atoms. The quantitative estimate of drug-likeness (QED) is 0.645. The molecule has 0 aliphatic carbocycles. The van der Waals surface area contributed by atoms with E-state index in [-0.39, 0.29) is 5.91 Å². The Balaban J connectivity index is 1.66. The minimum absolute atomic E-state index is 0.158. The van der Waals surface area contributed by atoms with Crippen molar-refractivity contribution in [3.8, 4) is 0 Å². The fourth-order valence-corrected chi connectivity index (χ4v) is 2.12. The molecule has 0 aromatic rings. The van der Waals surface area contributed by atoms with E-state index >= 15 is 0 Å². The zero-order chi connectivity index (χ0) is 9.97. The first-order chi connectivity index (χ1) is 6.74. The van der Waals surface area contributed by atoms with Crippen molar-refractivity contribution in [1.82, 2.24) is 4.90 Å². The Morgan fingerprint density at radius 3 is 2.57 bits per heavy atom. The van der Waals surface area contributed by atoms with Crippen LogP contribution < -0.4 is 5.73 Å². The van der Waals surface area contributed by atoms with Crippen LogP contribution in [0.3, 0.4) is 0 Å². The second-order valence-electron chi connectivity index (χ2n) is 4.37. The van der Waals surface area contributed by atoms with E-state index in [1.54, 1.807) is 0 Å². The summed E-state index contributed by atoms with van der Waals surface area (Å²) in [4.78, 5) is 13.2. The third-order valence-electron chi connectivity index (χ3n) is 3.06. The van der Waals surface area contributed by atoms with Gasteiger partial charge < -0.3 is 15.4 Å². The van der Waals surface area contributed by atoms with Crippen LogP contribution in [0.15, 0.2) is 0 Å². The number of amides is 1. The van der Waals surface area contributed by atoms with Gasteiger partial charge in [0.15, 0.2) is 0 Å².